The van der Waals surface area contributed by atoms with Crippen LogP contribution in [0.4, 0.5) is 0 Å². The van der Waals surface area contributed by atoms with Crippen molar-refractivity contribution >= 4 is 23.5 Å². The molecule has 1 rings (SSSR count). The maximum atomic E-state index is 10.6. The zero-order chi connectivity index (χ0) is 12.1. The Kier molecular flexibility index (Phi) is 4.31. The summed E-state index contributed by atoms with van der Waals surface area (Å²) in [6, 6.07) is 6.54. The second kappa shape index (κ2) is 5.51. The molecule has 1 aromatic rings. The van der Waals surface area contributed by atoms with E-state index in [-0.39, 0.29) is 12.8 Å². The third-order valence-electron chi connectivity index (χ3n) is 2.18. The van der Waals surface area contributed by atoms with Crippen molar-refractivity contribution in [2.75, 3.05) is 0 Å². The topological polar surface area (TPSA) is 74.6 Å². The van der Waals surface area contributed by atoms with Crippen LogP contribution in [-0.4, -0.2) is 22.2 Å². The molecule has 5 heteroatoms. The zero-order valence-electron chi connectivity index (χ0n) is 8.39. The van der Waals surface area contributed by atoms with Crippen molar-refractivity contribution in [1.29, 1.82) is 0 Å². The fourth-order valence-electron chi connectivity index (χ4n) is 1.46. The average Bonchev–Trinajstić information content (AvgIpc) is 2.16. The monoisotopic (exact) mass is 242 g/mol. The number of rotatable bonds is 5. The van der Waals surface area contributed by atoms with Gasteiger partial charge in [0.25, 0.3) is 0 Å². The van der Waals surface area contributed by atoms with E-state index in [4.69, 9.17) is 21.8 Å². The molecule has 0 amide bonds. The summed E-state index contributed by atoms with van der Waals surface area (Å²) in [7, 11) is 0. The molecule has 0 atom stereocenters. The van der Waals surface area contributed by atoms with Crippen LogP contribution < -0.4 is 0 Å². The second-order valence-electron chi connectivity index (χ2n) is 3.44. The second-order valence-corrected chi connectivity index (χ2v) is 3.88. The van der Waals surface area contributed by atoms with Gasteiger partial charge in [0.1, 0.15) is 0 Å². The lowest BCUT2D eigenvalue weighted by Crippen LogP contribution is -2.11. The number of aliphatic carboxylic acids is 2. The third-order valence-corrected chi connectivity index (χ3v) is 2.44. The molecule has 0 spiro atoms. The Bertz CT molecular complexity index is 369. The number of carbonyl (C=O) groups is 2. The van der Waals surface area contributed by atoms with Crippen molar-refractivity contribution in [2.24, 2.45) is 0 Å². The SMILES string of the molecule is O=C(O)CC(CC(=O)O)c1ccc(Cl)cc1. The van der Waals surface area contributed by atoms with Crippen LogP contribution in [0, 0.1) is 0 Å². The van der Waals surface area contributed by atoms with Gasteiger partial charge in [0.15, 0.2) is 0 Å². The fourth-order valence-corrected chi connectivity index (χ4v) is 1.59. The molecule has 0 saturated heterocycles. The summed E-state index contributed by atoms with van der Waals surface area (Å²) < 4.78 is 0. The number of carboxylic acid groups (broad SMARTS) is 2. The van der Waals surface area contributed by atoms with Crippen molar-refractivity contribution in [3.63, 3.8) is 0 Å². The van der Waals surface area contributed by atoms with Crippen LogP contribution in [0.25, 0.3) is 0 Å². The summed E-state index contributed by atoms with van der Waals surface area (Å²) in [5.74, 6) is -2.55. The van der Waals surface area contributed by atoms with Gasteiger partial charge >= 0.3 is 11.9 Å². The number of hydrogen-bond donors (Lipinski definition) is 2. The maximum absolute atomic E-state index is 10.6. The number of carboxylic acids is 2. The molecule has 0 saturated carbocycles. The largest absolute Gasteiger partial charge is 0.481 e. The molecule has 0 bridgehead atoms. The fraction of sp³-hybridized carbons (Fsp3) is 0.273. The Hall–Kier alpha value is -1.55. The Morgan fingerprint density at radius 1 is 1.06 bits per heavy atom. The van der Waals surface area contributed by atoms with Crippen molar-refractivity contribution in [2.45, 2.75) is 18.8 Å². The molecule has 0 aliphatic carbocycles. The highest BCUT2D eigenvalue weighted by atomic mass is 35.5. The minimum atomic E-state index is -1.01. The minimum absolute atomic E-state index is 0.200. The molecule has 0 fully saturated rings. The first-order chi connectivity index (χ1) is 7.49. The quantitative estimate of drug-likeness (QED) is 0.831. The molecule has 0 aliphatic heterocycles. The molecule has 0 aliphatic rings. The standard InChI is InChI=1S/C11H11ClO4/c12-9-3-1-7(2-4-9)8(5-10(13)14)6-11(15)16/h1-4,8H,5-6H2,(H,13,14)(H,15,16). The predicted octanol–water partition coefficient (Wildman–Crippen LogP) is 2.37. The van der Waals surface area contributed by atoms with E-state index in [0.29, 0.717) is 10.6 Å². The van der Waals surface area contributed by atoms with E-state index in [1.165, 1.54) is 0 Å². The van der Waals surface area contributed by atoms with Gasteiger partial charge in [0.05, 0.1) is 12.8 Å². The molecule has 0 unspecified atom stereocenters. The lowest BCUT2D eigenvalue weighted by atomic mass is 9.93. The van der Waals surface area contributed by atoms with E-state index in [0.717, 1.165) is 0 Å². The summed E-state index contributed by atoms with van der Waals surface area (Å²) in [4.78, 5) is 21.2. The maximum Gasteiger partial charge on any atom is 0.303 e. The number of benzene rings is 1. The van der Waals surface area contributed by atoms with Gasteiger partial charge in [-0.2, -0.15) is 0 Å². The Balaban J connectivity index is 2.86. The van der Waals surface area contributed by atoms with Crippen molar-refractivity contribution in [3.05, 3.63) is 34.9 Å². The molecule has 86 valence electrons. The van der Waals surface area contributed by atoms with E-state index < -0.39 is 17.9 Å². The van der Waals surface area contributed by atoms with Crippen molar-refractivity contribution in [3.8, 4) is 0 Å². The highest BCUT2D eigenvalue weighted by molar-refractivity contribution is 6.30. The summed E-state index contributed by atoms with van der Waals surface area (Å²) in [6.07, 6.45) is -0.401. The van der Waals surface area contributed by atoms with Gasteiger partial charge < -0.3 is 10.2 Å². The van der Waals surface area contributed by atoms with Gasteiger partial charge in [-0.3, -0.25) is 9.59 Å². The van der Waals surface area contributed by atoms with E-state index in [1.54, 1.807) is 24.3 Å². The molecule has 0 heterocycles. The number of hydrogen-bond acceptors (Lipinski definition) is 2. The number of halogens is 1. The highest BCUT2D eigenvalue weighted by Crippen LogP contribution is 2.24. The molecule has 0 radical (unpaired) electrons. The molecule has 4 nitrogen and oxygen atoms in total. The van der Waals surface area contributed by atoms with Crippen LogP contribution >= 0.6 is 11.6 Å². The Morgan fingerprint density at radius 2 is 1.50 bits per heavy atom. The van der Waals surface area contributed by atoms with E-state index in [2.05, 4.69) is 0 Å². The third kappa shape index (κ3) is 3.90. The van der Waals surface area contributed by atoms with Crippen LogP contribution in [-0.2, 0) is 9.59 Å². The van der Waals surface area contributed by atoms with Gasteiger partial charge in [-0.25, -0.2) is 0 Å². The molecule has 1 aromatic carbocycles. The minimum Gasteiger partial charge on any atom is -0.481 e. The molecule has 16 heavy (non-hydrogen) atoms. The normalized spacial score (nSPS) is 10.4. The molecule has 2 N–H and O–H groups in total. The van der Waals surface area contributed by atoms with Gasteiger partial charge in [-0.1, -0.05) is 23.7 Å². The van der Waals surface area contributed by atoms with Crippen LogP contribution in [0.3, 0.4) is 0 Å². The lowest BCUT2D eigenvalue weighted by Gasteiger charge is -2.12. The van der Waals surface area contributed by atoms with Gasteiger partial charge in [-0.05, 0) is 17.7 Å². The average molecular weight is 243 g/mol. The van der Waals surface area contributed by atoms with Crippen LogP contribution in [0.5, 0.6) is 0 Å². The zero-order valence-corrected chi connectivity index (χ0v) is 9.15. The smallest absolute Gasteiger partial charge is 0.303 e. The molecular weight excluding hydrogens is 232 g/mol. The van der Waals surface area contributed by atoms with E-state index >= 15 is 0 Å². The summed E-state index contributed by atoms with van der Waals surface area (Å²) in [6.45, 7) is 0. The predicted molar refractivity (Wildman–Crippen MR) is 58.7 cm³/mol. The Labute approximate surface area is 97.5 Å². The first kappa shape index (κ1) is 12.5. The van der Waals surface area contributed by atoms with Crippen LogP contribution in [0.2, 0.25) is 5.02 Å². The van der Waals surface area contributed by atoms with Gasteiger partial charge in [0, 0.05) is 10.9 Å². The van der Waals surface area contributed by atoms with Crippen molar-refractivity contribution in [1.82, 2.24) is 0 Å². The lowest BCUT2D eigenvalue weighted by molar-refractivity contribution is -0.139. The summed E-state index contributed by atoms with van der Waals surface area (Å²) in [5, 5.41) is 17.9. The first-order valence-electron chi connectivity index (χ1n) is 4.68. The van der Waals surface area contributed by atoms with Gasteiger partial charge in [-0.15, -0.1) is 0 Å². The summed E-state index contributed by atoms with van der Waals surface area (Å²) >= 11 is 5.70. The first-order valence-corrected chi connectivity index (χ1v) is 5.06. The van der Waals surface area contributed by atoms with Crippen LogP contribution in [0.1, 0.15) is 24.3 Å². The highest BCUT2D eigenvalue weighted by Gasteiger charge is 2.18. The molecule has 0 aromatic heterocycles. The van der Waals surface area contributed by atoms with Gasteiger partial charge in [0.2, 0.25) is 0 Å². The van der Waals surface area contributed by atoms with Crippen LogP contribution in [0.15, 0.2) is 24.3 Å². The van der Waals surface area contributed by atoms with E-state index in [9.17, 15) is 9.59 Å². The summed E-state index contributed by atoms with van der Waals surface area (Å²) in [5.41, 5.74) is 0.675. The van der Waals surface area contributed by atoms with Crippen molar-refractivity contribution < 1.29 is 19.8 Å². The van der Waals surface area contributed by atoms with E-state index in [1.807, 2.05) is 0 Å². The molecular formula is C11H11ClO4. The Morgan fingerprint density at radius 3 is 1.88 bits per heavy atom.